The van der Waals surface area contributed by atoms with Crippen LogP contribution >= 0.6 is 0 Å². The van der Waals surface area contributed by atoms with Crippen molar-refractivity contribution in [3.8, 4) is 0 Å². The molecule has 0 spiro atoms. The molecule has 4 atom stereocenters. The third kappa shape index (κ3) is 5.22. The zero-order valence-electron chi connectivity index (χ0n) is 18.9. The van der Waals surface area contributed by atoms with Crippen molar-refractivity contribution in [3.63, 3.8) is 0 Å². The van der Waals surface area contributed by atoms with Gasteiger partial charge in [0.1, 0.15) is 0 Å². The molecule has 2 saturated carbocycles. The number of aliphatic hydroxyl groups is 2. The summed E-state index contributed by atoms with van der Waals surface area (Å²) < 4.78 is 0. The molecule has 0 amide bonds. The van der Waals surface area contributed by atoms with Crippen LogP contribution in [0, 0.1) is 17.3 Å². The molecular formula is C27H40O2. The molecule has 0 bridgehead atoms. The Kier molecular flexibility index (Phi) is 6.75. The van der Waals surface area contributed by atoms with Gasteiger partial charge in [0.05, 0.1) is 11.7 Å². The van der Waals surface area contributed by atoms with Crippen LogP contribution in [-0.4, -0.2) is 21.9 Å². The van der Waals surface area contributed by atoms with Crippen LogP contribution in [0.3, 0.4) is 0 Å². The Morgan fingerprint density at radius 2 is 2.07 bits per heavy atom. The van der Waals surface area contributed by atoms with E-state index in [2.05, 4.69) is 44.7 Å². The number of hydrogen-bond acceptors (Lipinski definition) is 2. The van der Waals surface area contributed by atoms with Gasteiger partial charge in [-0.1, -0.05) is 67.5 Å². The average molecular weight is 397 g/mol. The van der Waals surface area contributed by atoms with Crippen molar-refractivity contribution in [2.75, 3.05) is 0 Å². The number of hydrogen-bond donors (Lipinski definition) is 2. The standard InChI is InChI=1S/C27H40O2/c1-19-10-13-23(28)18-22(19)12-11-21-9-7-17-27(5)24(14-15-25(21)27)20(2)8-6-16-26(3,4)29/h6,11-12,14,16,20,23,25,28-29H,1,7-10,13,15,17-18H2,2-5H3/b16-6+,21-11+,22-12-/t20-,23+,25+,27-/m1/s1. The van der Waals surface area contributed by atoms with Crippen molar-refractivity contribution in [3.05, 3.63) is 59.3 Å². The third-order valence-corrected chi connectivity index (χ3v) is 7.35. The molecule has 0 heterocycles. The lowest BCUT2D eigenvalue weighted by Crippen LogP contribution is -2.32. The first kappa shape index (κ1) is 22.3. The number of rotatable bonds is 5. The molecule has 0 unspecified atom stereocenters. The Morgan fingerprint density at radius 1 is 1.31 bits per heavy atom. The van der Waals surface area contributed by atoms with Crippen molar-refractivity contribution in [1.82, 2.24) is 0 Å². The minimum absolute atomic E-state index is 0.209. The quantitative estimate of drug-likeness (QED) is 0.526. The molecule has 3 rings (SSSR count). The maximum Gasteiger partial charge on any atom is 0.0771 e. The number of fused-ring (bicyclic) bond motifs is 1. The summed E-state index contributed by atoms with van der Waals surface area (Å²) in [7, 11) is 0. The van der Waals surface area contributed by atoms with E-state index in [1.807, 2.05) is 19.9 Å². The maximum atomic E-state index is 10.0. The van der Waals surface area contributed by atoms with Crippen LogP contribution < -0.4 is 0 Å². The molecular weight excluding hydrogens is 356 g/mol. The Labute approximate surface area is 177 Å². The lowest BCUT2D eigenvalue weighted by molar-refractivity contribution is 0.132. The van der Waals surface area contributed by atoms with Crippen molar-refractivity contribution in [1.29, 1.82) is 0 Å². The summed E-state index contributed by atoms with van der Waals surface area (Å²) in [5, 5.41) is 19.9. The van der Waals surface area contributed by atoms with E-state index in [4.69, 9.17) is 0 Å². The Hall–Kier alpha value is -1.38. The van der Waals surface area contributed by atoms with Crippen LogP contribution in [0.25, 0.3) is 0 Å². The van der Waals surface area contributed by atoms with E-state index < -0.39 is 5.60 Å². The molecule has 0 radical (unpaired) electrons. The van der Waals surface area contributed by atoms with E-state index >= 15 is 0 Å². The van der Waals surface area contributed by atoms with E-state index in [1.54, 1.807) is 11.1 Å². The lowest BCUT2D eigenvalue weighted by Gasteiger charge is -2.42. The molecule has 160 valence electrons. The van der Waals surface area contributed by atoms with Crippen LogP contribution in [0.1, 0.15) is 79.1 Å². The third-order valence-electron chi connectivity index (χ3n) is 7.35. The Morgan fingerprint density at radius 3 is 2.79 bits per heavy atom. The largest absolute Gasteiger partial charge is 0.393 e. The summed E-state index contributed by atoms with van der Waals surface area (Å²) in [6.07, 6.45) is 19.3. The van der Waals surface area contributed by atoms with Crippen molar-refractivity contribution in [2.45, 2.75) is 90.8 Å². The second-order valence-electron chi connectivity index (χ2n) is 10.3. The van der Waals surface area contributed by atoms with Crippen LogP contribution in [0.2, 0.25) is 0 Å². The molecule has 29 heavy (non-hydrogen) atoms. The lowest BCUT2D eigenvalue weighted by atomic mass is 9.62. The van der Waals surface area contributed by atoms with Crippen LogP contribution in [0.4, 0.5) is 0 Å². The average Bonchev–Trinajstić information content (AvgIpc) is 2.99. The normalized spacial score (nSPS) is 34.7. The zero-order valence-corrected chi connectivity index (χ0v) is 18.9. The fourth-order valence-corrected chi connectivity index (χ4v) is 5.70. The van der Waals surface area contributed by atoms with Crippen LogP contribution in [0.5, 0.6) is 0 Å². The first-order valence-electron chi connectivity index (χ1n) is 11.5. The Balaban J connectivity index is 1.73. The summed E-state index contributed by atoms with van der Waals surface area (Å²) in [4.78, 5) is 0. The van der Waals surface area contributed by atoms with Gasteiger partial charge in [-0.25, -0.2) is 0 Å². The van der Waals surface area contributed by atoms with E-state index in [-0.39, 0.29) is 11.5 Å². The van der Waals surface area contributed by atoms with Crippen molar-refractivity contribution in [2.24, 2.45) is 17.3 Å². The van der Waals surface area contributed by atoms with Gasteiger partial charge in [0.25, 0.3) is 0 Å². The van der Waals surface area contributed by atoms with E-state index in [0.29, 0.717) is 11.8 Å². The summed E-state index contributed by atoms with van der Waals surface area (Å²) in [5.74, 6) is 1.11. The predicted octanol–water partition coefficient (Wildman–Crippen LogP) is 6.43. The van der Waals surface area contributed by atoms with Gasteiger partial charge < -0.3 is 10.2 Å². The van der Waals surface area contributed by atoms with Gasteiger partial charge in [0.2, 0.25) is 0 Å². The molecule has 0 aliphatic heterocycles. The topological polar surface area (TPSA) is 40.5 Å². The fraction of sp³-hybridized carbons (Fsp3) is 0.630. The predicted molar refractivity (Wildman–Crippen MR) is 123 cm³/mol. The maximum absolute atomic E-state index is 10.0. The van der Waals surface area contributed by atoms with E-state index in [0.717, 1.165) is 32.1 Å². The minimum Gasteiger partial charge on any atom is -0.393 e. The summed E-state index contributed by atoms with van der Waals surface area (Å²) in [5.41, 5.74) is 5.14. The van der Waals surface area contributed by atoms with Gasteiger partial charge in [0, 0.05) is 0 Å². The van der Waals surface area contributed by atoms with Gasteiger partial charge in [-0.05, 0) is 88.0 Å². The summed E-state index contributed by atoms with van der Waals surface area (Å²) in [6.45, 7) is 12.7. The monoisotopic (exact) mass is 396 g/mol. The second-order valence-corrected chi connectivity index (χ2v) is 10.3. The molecule has 0 aromatic rings. The van der Waals surface area contributed by atoms with Crippen molar-refractivity contribution >= 4 is 0 Å². The highest BCUT2D eigenvalue weighted by atomic mass is 16.3. The number of allylic oxidation sites excluding steroid dienone is 7. The summed E-state index contributed by atoms with van der Waals surface area (Å²) >= 11 is 0. The van der Waals surface area contributed by atoms with E-state index in [1.165, 1.54) is 30.4 Å². The molecule has 2 nitrogen and oxygen atoms in total. The second kappa shape index (κ2) is 8.78. The first-order chi connectivity index (χ1) is 13.6. The molecule has 2 fully saturated rings. The molecule has 2 heteroatoms. The minimum atomic E-state index is -0.735. The molecule has 0 saturated heterocycles. The first-order valence-corrected chi connectivity index (χ1v) is 11.5. The highest BCUT2D eigenvalue weighted by molar-refractivity contribution is 5.38. The summed E-state index contributed by atoms with van der Waals surface area (Å²) in [6, 6.07) is 0. The van der Waals surface area contributed by atoms with Crippen molar-refractivity contribution < 1.29 is 10.2 Å². The molecule has 3 aliphatic carbocycles. The molecule has 3 aliphatic rings. The molecule has 2 N–H and O–H groups in total. The highest BCUT2D eigenvalue weighted by Crippen LogP contribution is 2.56. The molecule has 0 aromatic carbocycles. The fourth-order valence-electron chi connectivity index (χ4n) is 5.70. The van der Waals surface area contributed by atoms with E-state index in [9.17, 15) is 10.2 Å². The van der Waals surface area contributed by atoms with Gasteiger partial charge in [-0.2, -0.15) is 0 Å². The zero-order chi connectivity index (χ0) is 21.2. The SMILES string of the molecule is C=C1CC[C@H](O)C/C1=C/C=C1\CCC[C@]2(C)C([C@H](C)C/C=C/C(C)(C)O)=CC[C@@H]12. The van der Waals surface area contributed by atoms with Crippen LogP contribution in [-0.2, 0) is 0 Å². The number of aliphatic hydroxyl groups excluding tert-OH is 1. The highest BCUT2D eigenvalue weighted by Gasteiger charge is 2.45. The smallest absolute Gasteiger partial charge is 0.0771 e. The molecule has 0 aromatic heterocycles. The van der Waals surface area contributed by atoms with Crippen LogP contribution in [0.15, 0.2) is 59.3 Å². The van der Waals surface area contributed by atoms with Gasteiger partial charge >= 0.3 is 0 Å². The van der Waals surface area contributed by atoms with Gasteiger partial charge in [0.15, 0.2) is 0 Å². The Bertz CT molecular complexity index is 743. The van der Waals surface area contributed by atoms with Gasteiger partial charge in [-0.15, -0.1) is 0 Å². The van der Waals surface area contributed by atoms with Gasteiger partial charge in [-0.3, -0.25) is 0 Å².